The number of aromatic nitrogens is 2. The number of nitrogens with zero attached hydrogens (tertiary/aromatic N) is 4. The Balaban J connectivity index is 1.95. The van der Waals surface area contributed by atoms with E-state index in [1.165, 1.54) is 0 Å². The van der Waals surface area contributed by atoms with Gasteiger partial charge in [-0.3, -0.25) is 9.48 Å². The van der Waals surface area contributed by atoms with Gasteiger partial charge in [0.05, 0.1) is 12.4 Å². The first-order chi connectivity index (χ1) is 11.7. The van der Waals surface area contributed by atoms with Crippen molar-refractivity contribution in [1.82, 2.24) is 9.78 Å². The van der Waals surface area contributed by atoms with Crippen LogP contribution in [0.2, 0.25) is 0 Å². The van der Waals surface area contributed by atoms with Crippen molar-refractivity contribution in [1.29, 1.82) is 0 Å². The molecule has 0 aliphatic rings. The van der Waals surface area contributed by atoms with E-state index in [0.29, 0.717) is 11.3 Å². The molecule has 24 heavy (non-hydrogen) atoms. The van der Waals surface area contributed by atoms with Crippen molar-refractivity contribution in [2.24, 2.45) is 17.3 Å². The van der Waals surface area contributed by atoms with Gasteiger partial charge >= 0.3 is 0 Å². The first kappa shape index (κ1) is 15.6. The number of hydrogen-bond acceptors (Lipinski definition) is 4. The molecular weight excluding hydrogens is 300 g/mol. The Labute approximate surface area is 140 Å². The number of carbonyl (C=O) groups excluding carboxylic acids is 1. The van der Waals surface area contributed by atoms with E-state index in [1.807, 2.05) is 61.8 Å². The second kappa shape index (κ2) is 7.28. The lowest BCUT2D eigenvalue weighted by Gasteiger charge is -2.04. The van der Waals surface area contributed by atoms with E-state index in [4.69, 9.17) is 0 Å². The normalized spacial score (nSPS) is 11.8. The van der Waals surface area contributed by atoms with Crippen LogP contribution in [0, 0.1) is 0 Å². The van der Waals surface area contributed by atoms with E-state index in [2.05, 4.69) is 15.3 Å². The molecule has 3 rings (SSSR count). The second-order valence-electron chi connectivity index (χ2n) is 5.20. The van der Waals surface area contributed by atoms with Crippen LogP contribution in [0.15, 0.2) is 83.3 Å². The predicted octanol–water partition coefficient (Wildman–Crippen LogP) is 3.13. The fourth-order valence-corrected chi connectivity index (χ4v) is 2.22. The number of aryl methyl sites for hydroxylation is 1. The van der Waals surface area contributed by atoms with Crippen LogP contribution in [-0.4, -0.2) is 27.5 Å². The summed E-state index contributed by atoms with van der Waals surface area (Å²) in [5.41, 5.74) is 2.44. The summed E-state index contributed by atoms with van der Waals surface area (Å²) < 4.78 is 1.68. The lowest BCUT2D eigenvalue weighted by molar-refractivity contribution is 0.106. The van der Waals surface area contributed by atoms with Gasteiger partial charge in [0.25, 0.3) is 0 Å². The van der Waals surface area contributed by atoms with E-state index in [0.717, 1.165) is 11.1 Å². The van der Waals surface area contributed by atoms with E-state index in [-0.39, 0.29) is 5.78 Å². The summed E-state index contributed by atoms with van der Waals surface area (Å²) in [6, 6.07) is 18.4. The Hall–Kier alpha value is -3.34. The van der Waals surface area contributed by atoms with Crippen LogP contribution in [0.4, 0.5) is 0 Å². The topological polar surface area (TPSA) is 59.6 Å². The maximum absolute atomic E-state index is 12.8. The zero-order chi connectivity index (χ0) is 16.8. The highest BCUT2D eigenvalue weighted by atomic mass is 16.1. The largest absolute Gasteiger partial charge is 0.287 e. The molecule has 118 valence electrons. The number of benzene rings is 2. The molecule has 0 unspecified atom stereocenters. The predicted molar refractivity (Wildman–Crippen MR) is 94.6 cm³/mol. The van der Waals surface area contributed by atoms with Gasteiger partial charge in [0, 0.05) is 29.9 Å². The van der Waals surface area contributed by atoms with Crippen LogP contribution in [0.25, 0.3) is 0 Å². The molecule has 0 fully saturated rings. The third-order valence-electron chi connectivity index (χ3n) is 3.39. The Morgan fingerprint density at radius 1 is 1.00 bits per heavy atom. The van der Waals surface area contributed by atoms with E-state index >= 15 is 0 Å². The van der Waals surface area contributed by atoms with Crippen LogP contribution in [0.5, 0.6) is 0 Å². The Kier molecular flexibility index (Phi) is 4.72. The summed E-state index contributed by atoms with van der Waals surface area (Å²) in [7, 11) is 1.83. The molecule has 1 aromatic heterocycles. The molecule has 0 aliphatic carbocycles. The fraction of sp³-hybridized carbons (Fsp3) is 0.0526. The van der Waals surface area contributed by atoms with Crippen molar-refractivity contribution in [3.05, 3.63) is 89.7 Å². The smallest absolute Gasteiger partial charge is 0.213 e. The molecular formula is C19H16N4O. The highest BCUT2D eigenvalue weighted by Crippen LogP contribution is 2.09. The standard InChI is InChI=1S/C19H16N4O/c1-23-14-15(13-21-23)12-20-22-18(16-8-4-2-5-9-16)19(24)17-10-6-3-7-11-17/h2-14H,1H3/b20-12+,22-18+. The van der Waals surface area contributed by atoms with Crippen molar-refractivity contribution in [2.75, 3.05) is 0 Å². The van der Waals surface area contributed by atoms with Gasteiger partial charge in [-0.25, -0.2) is 0 Å². The molecule has 0 spiro atoms. The summed E-state index contributed by atoms with van der Waals surface area (Å²) >= 11 is 0. The summed E-state index contributed by atoms with van der Waals surface area (Å²) in [4.78, 5) is 12.8. The lowest BCUT2D eigenvalue weighted by Crippen LogP contribution is -2.15. The Morgan fingerprint density at radius 2 is 1.62 bits per heavy atom. The molecule has 0 radical (unpaired) electrons. The zero-order valence-corrected chi connectivity index (χ0v) is 13.2. The average molecular weight is 316 g/mol. The molecule has 0 saturated carbocycles. The van der Waals surface area contributed by atoms with Gasteiger partial charge in [-0.05, 0) is 0 Å². The first-order valence-corrected chi connectivity index (χ1v) is 7.49. The van der Waals surface area contributed by atoms with Gasteiger partial charge in [-0.15, -0.1) is 5.10 Å². The van der Waals surface area contributed by atoms with Gasteiger partial charge in [-0.2, -0.15) is 10.2 Å². The average Bonchev–Trinajstić information content (AvgIpc) is 3.05. The molecule has 2 aromatic carbocycles. The van der Waals surface area contributed by atoms with Crippen LogP contribution < -0.4 is 0 Å². The van der Waals surface area contributed by atoms with Gasteiger partial charge in [0.15, 0.2) is 0 Å². The Bertz CT molecular complexity index is 880. The number of rotatable bonds is 5. The number of hydrogen-bond donors (Lipinski definition) is 0. The maximum atomic E-state index is 12.8. The molecule has 5 heteroatoms. The minimum Gasteiger partial charge on any atom is -0.287 e. The number of carbonyl (C=O) groups is 1. The van der Waals surface area contributed by atoms with Crippen molar-refractivity contribution in [3.8, 4) is 0 Å². The number of Topliss-reactive ketones (excluding diaryl/α,β-unsaturated/α-hetero) is 1. The quantitative estimate of drug-likeness (QED) is 0.412. The molecule has 0 N–H and O–H groups in total. The van der Waals surface area contributed by atoms with Crippen molar-refractivity contribution in [3.63, 3.8) is 0 Å². The SMILES string of the molecule is Cn1cc(/C=N/N=C(/C(=O)c2ccccc2)c2ccccc2)cn1. The van der Waals surface area contributed by atoms with Gasteiger partial charge in [-0.1, -0.05) is 60.7 Å². The van der Waals surface area contributed by atoms with E-state index in [1.54, 1.807) is 29.2 Å². The number of ketones is 1. The molecule has 0 amide bonds. The van der Waals surface area contributed by atoms with Gasteiger partial charge in [0.2, 0.25) is 5.78 Å². The zero-order valence-electron chi connectivity index (χ0n) is 13.2. The lowest BCUT2D eigenvalue weighted by atomic mass is 10.0. The van der Waals surface area contributed by atoms with E-state index < -0.39 is 0 Å². The summed E-state index contributed by atoms with van der Waals surface area (Å²) in [5, 5.41) is 12.3. The first-order valence-electron chi connectivity index (χ1n) is 7.49. The Morgan fingerprint density at radius 3 is 2.21 bits per heavy atom. The molecule has 3 aromatic rings. The molecule has 1 heterocycles. The van der Waals surface area contributed by atoms with Crippen LogP contribution in [0.1, 0.15) is 21.5 Å². The van der Waals surface area contributed by atoms with Crippen LogP contribution >= 0.6 is 0 Å². The van der Waals surface area contributed by atoms with Crippen LogP contribution in [-0.2, 0) is 7.05 Å². The minimum absolute atomic E-state index is 0.162. The molecule has 0 bridgehead atoms. The van der Waals surface area contributed by atoms with E-state index in [9.17, 15) is 4.79 Å². The fourth-order valence-electron chi connectivity index (χ4n) is 2.22. The molecule has 5 nitrogen and oxygen atoms in total. The summed E-state index contributed by atoms with van der Waals surface area (Å²) in [5.74, 6) is -0.162. The van der Waals surface area contributed by atoms with Crippen molar-refractivity contribution in [2.45, 2.75) is 0 Å². The van der Waals surface area contributed by atoms with Gasteiger partial charge in [0.1, 0.15) is 5.71 Å². The van der Waals surface area contributed by atoms with Crippen molar-refractivity contribution >= 4 is 17.7 Å². The monoisotopic (exact) mass is 316 g/mol. The highest BCUT2D eigenvalue weighted by molar-refractivity contribution is 6.51. The summed E-state index contributed by atoms with van der Waals surface area (Å²) in [6.07, 6.45) is 5.08. The molecule has 0 saturated heterocycles. The van der Waals surface area contributed by atoms with Gasteiger partial charge < -0.3 is 0 Å². The summed E-state index contributed by atoms with van der Waals surface area (Å²) in [6.45, 7) is 0. The third-order valence-corrected chi connectivity index (χ3v) is 3.39. The molecule has 0 aliphatic heterocycles. The third kappa shape index (κ3) is 3.70. The van der Waals surface area contributed by atoms with Crippen molar-refractivity contribution < 1.29 is 4.79 Å². The highest BCUT2D eigenvalue weighted by Gasteiger charge is 2.15. The molecule has 0 atom stereocenters. The minimum atomic E-state index is -0.162. The second-order valence-corrected chi connectivity index (χ2v) is 5.20. The van der Waals surface area contributed by atoms with Crippen LogP contribution in [0.3, 0.4) is 0 Å². The maximum Gasteiger partial charge on any atom is 0.213 e.